The highest BCUT2D eigenvalue weighted by molar-refractivity contribution is 7.91. The van der Waals surface area contributed by atoms with Gasteiger partial charge in [-0.2, -0.15) is 0 Å². The minimum atomic E-state index is -3.00. The number of aryl methyl sites for hydroxylation is 1. The molecule has 2 rings (SSSR count). The van der Waals surface area contributed by atoms with Crippen molar-refractivity contribution < 1.29 is 13.2 Å². The van der Waals surface area contributed by atoms with E-state index in [4.69, 9.17) is 0 Å². The van der Waals surface area contributed by atoms with Crippen LogP contribution >= 0.6 is 0 Å². The fraction of sp³-hybridized carbons (Fsp3) is 0.500. The Morgan fingerprint density at radius 2 is 2.05 bits per heavy atom. The number of hydrogen-bond acceptors (Lipinski definition) is 3. The maximum atomic E-state index is 12.0. The van der Waals surface area contributed by atoms with Gasteiger partial charge in [-0.15, -0.1) is 0 Å². The average molecular weight is 281 g/mol. The van der Waals surface area contributed by atoms with Gasteiger partial charge in [-0.1, -0.05) is 24.3 Å². The molecule has 1 amide bonds. The lowest BCUT2D eigenvalue weighted by Crippen LogP contribution is -2.47. The van der Waals surface area contributed by atoms with Gasteiger partial charge in [0.2, 0.25) is 5.91 Å². The van der Waals surface area contributed by atoms with Crippen LogP contribution in [0.1, 0.15) is 24.5 Å². The second-order valence-electron chi connectivity index (χ2n) is 5.55. The summed E-state index contributed by atoms with van der Waals surface area (Å²) >= 11 is 0. The molecule has 1 aliphatic rings. The summed E-state index contributed by atoms with van der Waals surface area (Å²) < 4.78 is 23.0. The van der Waals surface area contributed by atoms with E-state index in [0.29, 0.717) is 12.8 Å². The second-order valence-corrected chi connectivity index (χ2v) is 7.74. The molecule has 0 unspecified atom stereocenters. The molecule has 1 heterocycles. The van der Waals surface area contributed by atoms with Crippen molar-refractivity contribution in [2.45, 2.75) is 32.2 Å². The minimum absolute atomic E-state index is 0.0412. The first kappa shape index (κ1) is 14.1. The van der Waals surface area contributed by atoms with Crippen LogP contribution in [-0.4, -0.2) is 31.4 Å². The molecule has 1 atom stereocenters. The number of sulfone groups is 1. The number of amides is 1. The molecule has 1 aromatic rings. The molecule has 104 valence electrons. The van der Waals surface area contributed by atoms with Crippen LogP contribution < -0.4 is 5.32 Å². The summed E-state index contributed by atoms with van der Waals surface area (Å²) in [5.74, 6) is 0.0853. The fourth-order valence-electron chi connectivity index (χ4n) is 2.47. The number of hydrogen-bond donors (Lipinski definition) is 1. The molecular weight excluding hydrogens is 262 g/mol. The summed E-state index contributed by atoms with van der Waals surface area (Å²) in [7, 11) is -3.00. The van der Waals surface area contributed by atoms with Crippen molar-refractivity contribution in [2.75, 3.05) is 11.5 Å². The summed E-state index contributed by atoms with van der Waals surface area (Å²) in [4.78, 5) is 12.0. The molecule has 0 radical (unpaired) electrons. The molecule has 1 aromatic carbocycles. The quantitative estimate of drug-likeness (QED) is 0.906. The van der Waals surface area contributed by atoms with Gasteiger partial charge in [-0.25, -0.2) is 8.42 Å². The zero-order valence-corrected chi connectivity index (χ0v) is 12.1. The minimum Gasteiger partial charge on any atom is -0.350 e. The van der Waals surface area contributed by atoms with Crippen molar-refractivity contribution >= 4 is 15.7 Å². The molecule has 0 spiro atoms. The van der Waals surface area contributed by atoms with Crippen LogP contribution in [0.15, 0.2) is 24.3 Å². The summed E-state index contributed by atoms with van der Waals surface area (Å²) in [6, 6.07) is 7.71. The zero-order chi connectivity index (χ0) is 14.1. The Kier molecular flexibility index (Phi) is 3.67. The van der Waals surface area contributed by atoms with Gasteiger partial charge < -0.3 is 5.32 Å². The van der Waals surface area contributed by atoms with Crippen molar-refractivity contribution in [2.24, 2.45) is 0 Å². The average Bonchev–Trinajstić information content (AvgIpc) is 2.56. The first-order valence-corrected chi connectivity index (χ1v) is 8.18. The van der Waals surface area contributed by atoms with E-state index in [0.717, 1.165) is 11.1 Å². The van der Waals surface area contributed by atoms with Crippen LogP contribution in [0.2, 0.25) is 0 Å². The van der Waals surface area contributed by atoms with E-state index in [9.17, 15) is 13.2 Å². The molecule has 0 bridgehead atoms. The summed E-state index contributed by atoms with van der Waals surface area (Å²) in [6.07, 6.45) is 0.789. The van der Waals surface area contributed by atoms with Gasteiger partial charge in [0.25, 0.3) is 0 Å². The number of carbonyl (C=O) groups is 1. The first-order valence-electron chi connectivity index (χ1n) is 6.36. The van der Waals surface area contributed by atoms with Crippen LogP contribution in [0.25, 0.3) is 0 Å². The van der Waals surface area contributed by atoms with Gasteiger partial charge in [0, 0.05) is 0 Å². The fourth-order valence-corrected chi connectivity index (χ4v) is 4.56. The lowest BCUT2D eigenvalue weighted by Gasteiger charge is -2.24. The number of carbonyl (C=O) groups excluding carboxylic acids is 1. The van der Waals surface area contributed by atoms with Crippen LogP contribution in [-0.2, 0) is 21.1 Å². The van der Waals surface area contributed by atoms with E-state index in [1.807, 2.05) is 31.2 Å². The lowest BCUT2D eigenvalue weighted by atomic mass is 10.0. The monoisotopic (exact) mass is 281 g/mol. The van der Waals surface area contributed by atoms with Crippen molar-refractivity contribution in [3.63, 3.8) is 0 Å². The zero-order valence-electron chi connectivity index (χ0n) is 11.3. The number of rotatable bonds is 3. The summed E-state index contributed by atoms with van der Waals surface area (Å²) in [6.45, 7) is 3.76. The molecule has 0 aliphatic carbocycles. The molecule has 19 heavy (non-hydrogen) atoms. The topological polar surface area (TPSA) is 63.2 Å². The van der Waals surface area contributed by atoms with Gasteiger partial charge >= 0.3 is 0 Å². The highest BCUT2D eigenvalue weighted by atomic mass is 32.2. The first-order chi connectivity index (χ1) is 8.80. The van der Waals surface area contributed by atoms with Gasteiger partial charge in [0.15, 0.2) is 9.84 Å². The van der Waals surface area contributed by atoms with Crippen LogP contribution in [0.3, 0.4) is 0 Å². The smallest absolute Gasteiger partial charge is 0.224 e. The van der Waals surface area contributed by atoms with Gasteiger partial charge in [-0.3, -0.25) is 4.79 Å². The molecule has 1 fully saturated rings. The summed E-state index contributed by atoms with van der Waals surface area (Å²) in [5.41, 5.74) is 1.44. The largest absolute Gasteiger partial charge is 0.350 e. The molecule has 4 nitrogen and oxygen atoms in total. The van der Waals surface area contributed by atoms with Crippen molar-refractivity contribution in [3.8, 4) is 0 Å². The third-order valence-electron chi connectivity index (χ3n) is 3.56. The predicted octanol–water partition coefficient (Wildman–Crippen LogP) is 1.23. The highest BCUT2D eigenvalue weighted by Gasteiger charge is 2.39. The number of benzene rings is 1. The molecule has 5 heteroatoms. The van der Waals surface area contributed by atoms with Crippen LogP contribution in [0.5, 0.6) is 0 Å². The maximum Gasteiger partial charge on any atom is 0.224 e. The Balaban J connectivity index is 2.01. The Hall–Kier alpha value is -1.36. The van der Waals surface area contributed by atoms with Crippen molar-refractivity contribution in [1.82, 2.24) is 5.32 Å². The van der Waals surface area contributed by atoms with E-state index in [1.54, 1.807) is 6.92 Å². The van der Waals surface area contributed by atoms with E-state index < -0.39 is 15.4 Å². The van der Waals surface area contributed by atoms with Crippen LogP contribution in [0.4, 0.5) is 0 Å². The second kappa shape index (κ2) is 4.96. The molecule has 1 N–H and O–H groups in total. The molecule has 0 aromatic heterocycles. The van der Waals surface area contributed by atoms with Crippen molar-refractivity contribution in [3.05, 3.63) is 35.4 Å². The van der Waals surface area contributed by atoms with E-state index in [2.05, 4.69) is 5.32 Å². The third kappa shape index (κ3) is 3.56. The third-order valence-corrected chi connectivity index (χ3v) is 5.46. The van der Waals surface area contributed by atoms with Gasteiger partial charge in [-0.05, 0) is 31.4 Å². The van der Waals surface area contributed by atoms with Crippen LogP contribution in [0, 0.1) is 6.92 Å². The summed E-state index contributed by atoms with van der Waals surface area (Å²) in [5, 5.41) is 2.87. The van der Waals surface area contributed by atoms with E-state index in [1.165, 1.54) is 0 Å². The van der Waals surface area contributed by atoms with Gasteiger partial charge in [0.05, 0.1) is 23.5 Å². The molecule has 1 aliphatic heterocycles. The van der Waals surface area contributed by atoms with Crippen molar-refractivity contribution in [1.29, 1.82) is 0 Å². The standard InChI is InChI=1S/C14H19NO3S/c1-11-5-3-4-6-12(11)9-13(16)15-14(2)7-8-19(17,18)10-14/h3-6H,7-10H2,1-2H3,(H,15,16)/t14-/m0/s1. The van der Waals surface area contributed by atoms with E-state index in [-0.39, 0.29) is 17.4 Å². The van der Waals surface area contributed by atoms with E-state index >= 15 is 0 Å². The Labute approximate surface area is 114 Å². The SMILES string of the molecule is Cc1ccccc1CC(=O)N[C@@]1(C)CCS(=O)(=O)C1. The predicted molar refractivity (Wildman–Crippen MR) is 74.7 cm³/mol. The lowest BCUT2D eigenvalue weighted by molar-refractivity contribution is -0.121. The molecular formula is C14H19NO3S. The normalized spacial score (nSPS) is 25.2. The highest BCUT2D eigenvalue weighted by Crippen LogP contribution is 2.23. The molecule has 0 saturated carbocycles. The Morgan fingerprint density at radius 1 is 1.37 bits per heavy atom. The molecule has 1 saturated heterocycles. The Bertz CT molecular complexity index is 594. The Morgan fingerprint density at radius 3 is 2.63 bits per heavy atom. The number of nitrogens with one attached hydrogen (secondary N) is 1. The maximum absolute atomic E-state index is 12.0. The van der Waals surface area contributed by atoms with Gasteiger partial charge in [0.1, 0.15) is 0 Å².